The van der Waals surface area contributed by atoms with Crippen LogP contribution in [0, 0.1) is 13.0 Å². The number of hydrogen-bond donors (Lipinski definition) is 1. The van der Waals surface area contributed by atoms with Gasteiger partial charge in [-0.3, -0.25) is 4.98 Å². The van der Waals surface area contributed by atoms with E-state index >= 15 is 0 Å². The molecule has 48 heavy (non-hydrogen) atoms. The van der Waals surface area contributed by atoms with Crippen LogP contribution >= 0.6 is 0 Å². The first kappa shape index (κ1) is 33.3. The maximum absolute atomic E-state index is 10.8. The Morgan fingerprint density at radius 1 is 0.646 bits per heavy atom. The second-order valence-electron chi connectivity index (χ2n) is 14.4. The van der Waals surface area contributed by atoms with Gasteiger partial charge in [0.1, 0.15) is 12.1 Å². The van der Waals surface area contributed by atoms with E-state index in [1.807, 2.05) is 37.3 Å². The summed E-state index contributed by atoms with van der Waals surface area (Å²) in [5.41, 5.74) is 11.5. The molecule has 0 radical (unpaired) electrons. The van der Waals surface area contributed by atoms with Crippen LogP contribution in [-0.2, 0) is 31.9 Å². The summed E-state index contributed by atoms with van der Waals surface area (Å²) in [6.45, 7) is 15.4. The second kappa shape index (κ2) is 12.4. The average molecular weight is 811 g/mol. The zero-order valence-corrected chi connectivity index (χ0v) is 30.6. The van der Waals surface area contributed by atoms with Gasteiger partial charge in [0.15, 0.2) is 0 Å². The van der Waals surface area contributed by atoms with Crippen molar-refractivity contribution in [2.75, 3.05) is 0 Å². The number of benzene rings is 5. The number of aryl methyl sites for hydroxylation is 1. The minimum absolute atomic E-state index is 0. The first-order chi connectivity index (χ1) is 22.4. The number of imidazole rings is 1. The average Bonchev–Trinajstić information content (AvgIpc) is 3.44. The van der Waals surface area contributed by atoms with Crippen molar-refractivity contribution >= 4 is 21.9 Å². The normalized spacial score (nSPS) is 12.0. The number of nitrogens with zero attached hydrogens (tertiary/aromatic N) is 4. The number of rotatable bonds is 4. The van der Waals surface area contributed by atoms with Crippen molar-refractivity contribution < 1.29 is 26.2 Å². The van der Waals surface area contributed by atoms with Crippen LogP contribution in [0.5, 0.6) is 5.75 Å². The molecule has 5 aromatic carbocycles. The molecule has 0 amide bonds. The molecule has 0 spiro atoms. The van der Waals surface area contributed by atoms with Crippen LogP contribution in [0.25, 0.3) is 61.3 Å². The third kappa shape index (κ3) is 5.97. The third-order valence-corrected chi connectivity index (χ3v) is 9.00. The summed E-state index contributed by atoms with van der Waals surface area (Å²) in [7, 11) is 0. The molecular weight excluding hydrogens is 772 g/mol. The molecule has 7 rings (SSSR count). The van der Waals surface area contributed by atoms with E-state index in [2.05, 4.69) is 118 Å². The molecule has 2 heterocycles. The predicted octanol–water partition coefficient (Wildman–Crippen LogP) is 10.4. The minimum atomic E-state index is -0.0601. The summed E-state index contributed by atoms with van der Waals surface area (Å²) in [5.74, 6) is 0.998. The van der Waals surface area contributed by atoms with Crippen molar-refractivity contribution in [2.45, 2.75) is 59.3 Å². The van der Waals surface area contributed by atoms with Gasteiger partial charge in [0.05, 0.1) is 16.9 Å². The third-order valence-electron chi connectivity index (χ3n) is 9.00. The van der Waals surface area contributed by atoms with Crippen molar-refractivity contribution in [3.63, 3.8) is 0 Å². The molecule has 0 saturated carbocycles. The Hall–Kier alpha value is -4.60. The van der Waals surface area contributed by atoms with Gasteiger partial charge in [-0.25, -0.2) is 9.97 Å². The van der Waals surface area contributed by atoms with Gasteiger partial charge in [0.25, 0.3) is 0 Å². The summed E-state index contributed by atoms with van der Waals surface area (Å²) in [5, 5.41) is 11.9. The molecule has 7 aromatic rings. The van der Waals surface area contributed by atoms with E-state index in [9.17, 15) is 5.11 Å². The smallest absolute Gasteiger partial charge is 0.123 e. The zero-order valence-electron chi connectivity index (χ0n) is 28.4. The first-order valence-electron chi connectivity index (χ1n) is 16.1. The Morgan fingerprint density at radius 2 is 1.31 bits per heavy atom. The fourth-order valence-electron chi connectivity index (χ4n) is 6.26. The Morgan fingerprint density at radius 3 is 2.02 bits per heavy atom. The molecule has 0 aliphatic carbocycles. The number of hydrogen-bond acceptors (Lipinski definition) is 4. The molecular formula is C42H39N4OPt-. The largest absolute Gasteiger partial charge is 0.507 e. The Bertz CT molecular complexity index is 2290. The van der Waals surface area contributed by atoms with Crippen LogP contribution < -0.4 is 0 Å². The Labute approximate surface area is 297 Å². The Kier molecular flexibility index (Phi) is 8.64. The van der Waals surface area contributed by atoms with E-state index < -0.39 is 0 Å². The predicted molar refractivity (Wildman–Crippen MR) is 193 cm³/mol. The SMILES string of the molecule is Cc1ncnc2c(-c3[c-]c(-c4nc5c(-c6ccccc6O)cccc5n4-c4ccc(C(C)(C)C)cc4)ccc3)cc(C(C)(C)C)cc12.[Pt]. The standard InChI is InChI=1S/C42H39N4O.Pt/c1-26-34-23-30(42(5,6)7)24-35(38(34)44-25-43-26)27-12-10-13-28(22-27)40-45-39-33(32-14-8-9-17-37(32)47)15-11-16-36(39)46(40)31-20-18-29(19-21-31)41(2,3)4;/h8-21,23-25,47H,1-7H3;/q-1;. The van der Waals surface area contributed by atoms with Crippen LogP contribution in [0.4, 0.5) is 0 Å². The molecule has 6 heteroatoms. The van der Waals surface area contributed by atoms with Gasteiger partial charge in [-0.2, -0.15) is 0 Å². The van der Waals surface area contributed by atoms with Gasteiger partial charge in [0, 0.05) is 54.5 Å². The molecule has 5 nitrogen and oxygen atoms in total. The van der Waals surface area contributed by atoms with Crippen molar-refractivity contribution in [3.05, 3.63) is 126 Å². The summed E-state index contributed by atoms with van der Waals surface area (Å²) < 4.78 is 2.21. The van der Waals surface area contributed by atoms with Gasteiger partial charge in [-0.1, -0.05) is 101 Å². The first-order valence-corrected chi connectivity index (χ1v) is 16.1. The van der Waals surface area contributed by atoms with E-state index in [0.29, 0.717) is 0 Å². The van der Waals surface area contributed by atoms with Gasteiger partial charge in [-0.15, -0.1) is 29.8 Å². The molecule has 0 atom stereocenters. The molecule has 0 fully saturated rings. The van der Waals surface area contributed by atoms with E-state index in [-0.39, 0.29) is 37.6 Å². The van der Waals surface area contributed by atoms with E-state index in [1.54, 1.807) is 12.4 Å². The van der Waals surface area contributed by atoms with Crippen molar-refractivity contribution in [3.8, 4) is 45.1 Å². The van der Waals surface area contributed by atoms with Gasteiger partial charge in [0.2, 0.25) is 0 Å². The quantitative estimate of drug-likeness (QED) is 0.180. The maximum Gasteiger partial charge on any atom is 0.123 e. The number of fused-ring (bicyclic) bond motifs is 2. The molecule has 244 valence electrons. The van der Waals surface area contributed by atoms with Crippen LogP contribution in [0.1, 0.15) is 58.4 Å². The number of phenolic OH excluding ortho intramolecular Hbond substituents is 1. The fourth-order valence-corrected chi connectivity index (χ4v) is 6.26. The monoisotopic (exact) mass is 810 g/mol. The van der Waals surface area contributed by atoms with Crippen molar-refractivity contribution in [1.82, 2.24) is 19.5 Å². The van der Waals surface area contributed by atoms with Gasteiger partial charge >= 0.3 is 0 Å². The van der Waals surface area contributed by atoms with Crippen LogP contribution in [0.2, 0.25) is 0 Å². The summed E-state index contributed by atoms with van der Waals surface area (Å²) >= 11 is 0. The topological polar surface area (TPSA) is 63.8 Å². The van der Waals surface area contributed by atoms with E-state index in [1.165, 1.54) is 11.1 Å². The van der Waals surface area contributed by atoms with Crippen LogP contribution in [0.15, 0.2) is 103 Å². The minimum Gasteiger partial charge on any atom is -0.507 e. The number of aromatic hydroxyl groups is 1. The van der Waals surface area contributed by atoms with Crippen LogP contribution in [-0.4, -0.2) is 24.6 Å². The number of aromatic nitrogens is 4. The second-order valence-corrected chi connectivity index (χ2v) is 14.4. The van der Waals surface area contributed by atoms with E-state index in [0.717, 1.165) is 67.0 Å². The van der Waals surface area contributed by atoms with Gasteiger partial charge in [-0.05, 0) is 59.2 Å². The molecule has 0 bridgehead atoms. The van der Waals surface area contributed by atoms with Crippen molar-refractivity contribution in [1.29, 1.82) is 0 Å². The van der Waals surface area contributed by atoms with E-state index in [4.69, 9.17) is 9.97 Å². The number of para-hydroxylation sites is 2. The van der Waals surface area contributed by atoms with Crippen molar-refractivity contribution in [2.24, 2.45) is 0 Å². The Balaban J connectivity index is 0.00000401. The summed E-state index contributed by atoms with van der Waals surface area (Å²) in [6, 6.07) is 36.8. The zero-order chi connectivity index (χ0) is 33.1. The summed E-state index contributed by atoms with van der Waals surface area (Å²) in [4.78, 5) is 14.6. The molecule has 0 aliphatic rings. The maximum atomic E-state index is 10.8. The molecule has 0 saturated heterocycles. The van der Waals surface area contributed by atoms with Gasteiger partial charge < -0.3 is 9.67 Å². The molecule has 0 aliphatic heterocycles. The molecule has 1 N–H and O–H groups in total. The van der Waals surface area contributed by atoms with Crippen LogP contribution in [0.3, 0.4) is 0 Å². The summed E-state index contributed by atoms with van der Waals surface area (Å²) in [6.07, 6.45) is 1.64. The molecule has 0 unspecified atom stereocenters. The fraction of sp³-hybridized carbons (Fsp3) is 0.214. The molecule has 2 aromatic heterocycles. The number of phenols is 1.